The van der Waals surface area contributed by atoms with Gasteiger partial charge in [0.1, 0.15) is 23.7 Å². The number of carbonyl (C=O) groups excluding carboxylic acids is 4. The van der Waals surface area contributed by atoms with Crippen LogP contribution >= 0.6 is 0 Å². The minimum absolute atomic E-state index is 0.111. The molecule has 10 heteroatoms. The minimum Gasteiger partial charge on any atom is -0.455 e. The molecule has 4 aliphatic rings. The highest BCUT2D eigenvalue weighted by Crippen LogP contribution is 2.56. The molecule has 0 aliphatic carbocycles. The van der Waals surface area contributed by atoms with Gasteiger partial charge in [-0.1, -0.05) is 73.7 Å². The number of nitrogens with zero attached hydrogens (tertiary/aromatic N) is 3. The van der Waals surface area contributed by atoms with Crippen LogP contribution in [0.1, 0.15) is 55.9 Å². The van der Waals surface area contributed by atoms with Crippen LogP contribution in [0.15, 0.2) is 72.8 Å². The van der Waals surface area contributed by atoms with Crippen molar-refractivity contribution in [1.29, 1.82) is 0 Å². The average molecular weight is 656 g/mol. The van der Waals surface area contributed by atoms with E-state index in [0.717, 1.165) is 11.1 Å². The lowest BCUT2D eigenvalue weighted by Gasteiger charge is -2.39. The van der Waals surface area contributed by atoms with Crippen molar-refractivity contribution in [1.82, 2.24) is 9.80 Å². The number of likely N-dealkylation sites (N-methyl/N-ethyl adjacent to an activating group) is 1. The first kappa shape index (κ1) is 33.6. The standard InChI is InChI=1S/C38H45N3O7/c1-6-27(22-42)41-34-36(45)40(28-21-23(2)16-17-24(28)3)20-12-8-11-15-30(43)39(5)25(4)33(26-13-9-7-10-14-26)47-37(46)31-29-18-19-38(34,48-29)32(31)35(41)44/h7-10,12-14,16-19,21,25,27,29,31-34,42H,6,11,15,20,22H2,1-5H3/b12-8-/t25-,27+,29+,31-,32-,33+,34+,38-/m1/s1. The van der Waals surface area contributed by atoms with E-state index in [1.807, 2.05) is 88.4 Å². The van der Waals surface area contributed by atoms with Crippen LogP contribution < -0.4 is 4.90 Å². The second-order valence-electron chi connectivity index (χ2n) is 13.5. The number of carbonyl (C=O) groups is 4. The normalized spacial score (nSPS) is 32.1. The Morgan fingerprint density at radius 1 is 1.02 bits per heavy atom. The molecule has 8 atom stereocenters. The molecular formula is C38H45N3O7. The van der Waals surface area contributed by atoms with Crippen molar-refractivity contribution in [3.8, 4) is 0 Å². The van der Waals surface area contributed by atoms with E-state index in [1.54, 1.807) is 29.0 Å². The summed E-state index contributed by atoms with van der Waals surface area (Å²) in [6.45, 7) is 7.42. The number of esters is 1. The second-order valence-corrected chi connectivity index (χ2v) is 13.5. The van der Waals surface area contributed by atoms with Gasteiger partial charge in [0.15, 0.2) is 0 Å². The Hall–Kier alpha value is -4.28. The number of likely N-dealkylation sites (tertiary alicyclic amines) is 1. The number of hydrogen-bond donors (Lipinski definition) is 1. The highest BCUT2D eigenvalue weighted by atomic mass is 16.6. The summed E-state index contributed by atoms with van der Waals surface area (Å²) in [5.74, 6) is -3.59. The van der Waals surface area contributed by atoms with Crippen LogP contribution in [0.3, 0.4) is 0 Å². The zero-order chi connectivity index (χ0) is 34.3. The number of hydrogen-bond acceptors (Lipinski definition) is 7. The van der Waals surface area contributed by atoms with E-state index in [1.165, 1.54) is 4.90 Å². The SMILES string of the molecule is CC[C@@H](CO)N1C(=O)[C@H]2[C@@H]3C(=O)O[C@H](c4ccccc4)[C@@H](C)N(C)C(=O)CC/C=C\CN(c4cc(C)ccc4C)C(=O)[C@H]1[C@@]21C=C[C@@H]3O1. The molecule has 0 saturated carbocycles. The van der Waals surface area contributed by atoms with Gasteiger partial charge in [0.05, 0.1) is 30.7 Å². The molecule has 48 heavy (non-hydrogen) atoms. The van der Waals surface area contributed by atoms with Gasteiger partial charge in [-0.15, -0.1) is 0 Å². The molecule has 0 radical (unpaired) electrons. The fourth-order valence-corrected chi connectivity index (χ4v) is 7.83. The van der Waals surface area contributed by atoms with E-state index in [0.29, 0.717) is 24.1 Å². The van der Waals surface area contributed by atoms with Crippen molar-refractivity contribution < 1.29 is 33.8 Å². The maximum Gasteiger partial charge on any atom is 0.313 e. The number of aliphatic hydroxyl groups excluding tert-OH is 1. The van der Waals surface area contributed by atoms with Gasteiger partial charge in [-0.2, -0.15) is 0 Å². The molecule has 4 aliphatic heterocycles. The number of aryl methyl sites for hydroxylation is 2. The second kappa shape index (κ2) is 13.3. The molecule has 2 aromatic rings. The molecule has 0 aromatic heterocycles. The van der Waals surface area contributed by atoms with Gasteiger partial charge in [0.2, 0.25) is 11.8 Å². The summed E-state index contributed by atoms with van der Waals surface area (Å²) < 4.78 is 12.9. The molecule has 6 rings (SSSR count). The first-order valence-electron chi connectivity index (χ1n) is 16.9. The number of benzene rings is 2. The molecule has 4 heterocycles. The number of rotatable bonds is 5. The topological polar surface area (TPSA) is 117 Å². The van der Waals surface area contributed by atoms with Crippen molar-refractivity contribution in [3.63, 3.8) is 0 Å². The van der Waals surface area contributed by atoms with Crippen LogP contribution in [0.5, 0.6) is 0 Å². The van der Waals surface area contributed by atoms with E-state index in [-0.39, 0.29) is 31.4 Å². The van der Waals surface area contributed by atoms with Gasteiger partial charge < -0.3 is 29.3 Å². The number of ether oxygens (including phenoxy) is 2. The summed E-state index contributed by atoms with van der Waals surface area (Å²) in [6.07, 6.45) is 6.77. The first-order valence-corrected chi connectivity index (χ1v) is 16.9. The molecule has 2 saturated heterocycles. The van der Waals surface area contributed by atoms with Crippen LogP contribution in [0.2, 0.25) is 0 Å². The Labute approximate surface area is 282 Å². The lowest BCUT2D eigenvalue weighted by molar-refractivity contribution is -0.164. The van der Waals surface area contributed by atoms with Crippen LogP contribution in [-0.2, 0) is 28.7 Å². The van der Waals surface area contributed by atoms with Gasteiger partial charge >= 0.3 is 5.97 Å². The molecule has 1 N–H and O–H groups in total. The van der Waals surface area contributed by atoms with E-state index in [9.17, 15) is 19.5 Å². The Morgan fingerprint density at radius 2 is 1.77 bits per heavy atom. The highest BCUT2D eigenvalue weighted by Gasteiger charge is 2.74. The van der Waals surface area contributed by atoms with E-state index >= 15 is 4.79 Å². The van der Waals surface area contributed by atoms with Crippen LogP contribution in [0.25, 0.3) is 0 Å². The van der Waals surface area contributed by atoms with Crippen molar-refractivity contribution in [3.05, 3.63) is 89.5 Å². The minimum atomic E-state index is -1.43. The maximum atomic E-state index is 15.1. The zero-order valence-corrected chi connectivity index (χ0v) is 28.2. The van der Waals surface area contributed by atoms with Crippen LogP contribution in [0.4, 0.5) is 5.69 Å². The van der Waals surface area contributed by atoms with Crippen molar-refractivity contribution in [2.75, 3.05) is 25.1 Å². The summed E-state index contributed by atoms with van der Waals surface area (Å²) in [6, 6.07) is 12.8. The molecular weight excluding hydrogens is 610 g/mol. The van der Waals surface area contributed by atoms with E-state index < -0.39 is 59.6 Å². The predicted molar refractivity (Wildman–Crippen MR) is 180 cm³/mol. The molecule has 3 amide bonds. The first-order chi connectivity index (χ1) is 23.0. The van der Waals surface area contributed by atoms with Crippen molar-refractivity contribution >= 4 is 29.4 Å². The third kappa shape index (κ3) is 5.54. The third-order valence-corrected chi connectivity index (χ3v) is 10.6. The van der Waals surface area contributed by atoms with Gasteiger partial charge in [-0.05, 0) is 56.4 Å². The van der Waals surface area contributed by atoms with Crippen molar-refractivity contribution in [2.45, 2.75) is 82.9 Å². The van der Waals surface area contributed by atoms with Crippen LogP contribution in [-0.4, -0.2) is 88.6 Å². The molecule has 0 unspecified atom stereocenters. The summed E-state index contributed by atoms with van der Waals surface area (Å²) >= 11 is 0. The van der Waals surface area contributed by atoms with Crippen molar-refractivity contribution in [2.24, 2.45) is 11.8 Å². The Balaban J connectivity index is 1.50. The third-order valence-electron chi connectivity index (χ3n) is 10.6. The van der Waals surface area contributed by atoms with Gasteiger partial charge in [-0.25, -0.2) is 0 Å². The van der Waals surface area contributed by atoms with Crippen LogP contribution in [0, 0.1) is 25.7 Å². The zero-order valence-electron chi connectivity index (χ0n) is 28.2. The number of allylic oxidation sites excluding steroid dienone is 1. The number of amides is 3. The maximum absolute atomic E-state index is 15.1. The number of aliphatic hydroxyl groups is 1. The van der Waals surface area contributed by atoms with Gasteiger partial charge in [0, 0.05) is 25.7 Å². The van der Waals surface area contributed by atoms with Gasteiger partial charge in [0.25, 0.3) is 5.91 Å². The lowest BCUT2D eigenvalue weighted by atomic mass is 9.74. The average Bonchev–Trinajstić information content (AvgIpc) is 3.73. The fourth-order valence-electron chi connectivity index (χ4n) is 7.83. The Kier molecular flexibility index (Phi) is 9.33. The molecule has 254 valence electrons. The quantitative estimate of drug-likeness (QED) is 0.382. The molecule has 1 spiro atoms. The molecule has 2 aromatic carbocycles. The molecule has 5 bridgehead atoms. The lowest BCUT2D eigenvalue weighted by Crippen LogP contribution is -2.58. The Bertz CT molecular complexity index is 1640. The summed E-state index contributed by atoms with van der Waals surface area (Å²) in [7, 11) is 1.71. The number of anilines is 1. The van der Waals surface area contributed by atoms with E-state index in [2.05, 4.69) is 0 Å². The largest absolute Gasteiger partial charge is 0.455 e. The number of cyclic esters (lactones) is 1. The highest BCUT2D eigenvalue weighted by molar-refractivity contribution is 6.05. The number of fused-ring (bicyclic) bond motifs is 2. The predicted octanol–water partition coefficient (Wildman–Crippen LogP) is 4.04. The summed E-state index contributed by atoms with van der Waals surface area (Å²) in [5.41, 5.74) is 1.81. The fraction of sp³-hybridized carbons (Fsp3) is 0.474. The van der Waals surface area contributed by atoms with Gasteiger partial charge in [-0.3, -0.25) is 19.2 Å². The summed E-state index contributed by atoms with van der Waals surface area (Å²) in [5, 5.41) is 10.5. The monoisotopic (exact) mass is 655 g/mol. The smallest absolute Gasteiger partial charge is 0.313 e. The molecule has 2 fully saturated rings. The Morgan fingerprint density at radius 3 is 2.48 bits per heavy atom. The summed E-state index contributed by atoms with van der Waals surface area (Å²) in [4.78, 5) is 62.1. The van der Waals surface area contributed by atoms with E-state index in [4.69, 9.17) is 9.47 Å². The molecule has 10 nitrogen and oxygen atoms in total.